The van der Waals surface area contributed by atoms with Gasteiger partial charge in [0, 0.05) is 6.61 Å². The predicted octanol–water partition coefficient (Wildman–Crippen LogP) is 4.61. The molecule has 1 nitrogen and oxygen atoms in total. The molecule has 18 heavy (non-hydrogen) atoms. The first-order valence-electron chi connectivity index (χ1n) is 6.97. The zero-order valence-corrected chi connectivity index (χ0v) is 11.8. The van der Waals surface area contributed by atoms with Crippen molar-refractivity contribution in [2.75, 3.05) is 6.61 Å². The average molecular weight is 244 g/mol. The minimum atomic E-state index is -0.000768. The second-order valence-electron chi connectivity index (χ2n) is 6.01. The van der Waals surface area contributed by atoms with Crippen LogP contribution in [-0.2, 0) is 11.2 Å². The first-order valence-corrected chi connectivity index (χ1v) is 6.97. The number of fused-ring (bicyclic) bond motifs is 1. The van der Waals surface area contributed by atoms with Crippen LogP contribution in [0.25, 0.3) is 5.57 Å². The Kier molecular flexibility index (Phi) is 4.23. The van der Waals surface area contributed by atoms with Gasteiger partial charge >= 0.3 is 0 Å². The van der Waals surface area contributed by atoms with E-state index in [1.54, 1.807) is 0 Å². The van der Waals surface area contributed by atoms with Crippen molar-refractivity contribution in [1.29, 1.82) is 0 Å². The summed E-state index contributed by atoms with van der Waals surface area (Å²) in [4.78, 5) is 0. The summed E-state index contributed by atoms with van der Waals surface area (Å²) in [5, 5.41) is 0. The number of rotatable bonds is 5. The van der Waals surface area contributed by atoms with Crippen LogP contribution in [0.4, 0.5) is 0 Å². The van der Waals surface area contributed by atoms with E-state index in [2.05, 4.69) is 51.1 Å². The lowest BCUT2D eigenvalue weighted by atomic mass is 10.0. The lowest BCUT2D eigenvalue weighted by Crippen LogP contribution is -2.19. The lowest BCUT2D eigenvalue weighted by Gasteiger charge is -2.19. The highest BCUT2D eigenvalue weighted by Gasteiger charge is 2.13. The molecular formula is C17H24O. The average Bonchev–Trinajstić information content (AvgIpc) is 2.71. The number of ether oxygens (including phenoxy) is 1. The smallest absolute Gasteiger partial charge is 0.0598 e. The topological polar surface area (TPSA) is 9.23 Å². The number of benzene rings is 1. The van der Waals surface area contributed by atoms with Crippen LogP contribution in [0, 0.1) is 0 Å². The normalized spacial score (nSPS) is 14.5. The van der Waals surface area contributed by atoms with E-state index >= 15 is 0 Å². The molecule has 1 heteroatoms. The first kappa shape index (κ1) is 13.4. The third-order valence-electron chi connectivity index (χ3n) is 3.31. The van der Waals surface area contributed by atoms with Crippen molar-refractivity contribution in [1.82, 2.24) is 0 Å². The molecule has 0 aromatic heterocycles. The van der Waals surface area contributed by atoms with Gasteiger partial charge in [-0.3, -0.25) is 0 Å². The Morgan fingerprint density at radius 3 is 2.67 bits per heavy atom. The largest absolute Gasteiger partial charge is 0.376 e. The molecule has 0 atom stereocenters. The molecule has 0 bridgehead atoms. The number of allylic oxidation sites excluding steroid dienone is 2. The van der Waals surface area contributed by atoms with Gasteiger partial charge in [0.1, 0.15) is 0 Å². The zero-order chi connectivity index (χ0) is 13.0. The van der Waals surface area contributed by atoms with E-state index in [1.807, 2.05) is 0 Å². The van der Waals surface area contributed by atoms with Crippen molar-refractivity contribution in [3.05, 3.63) is 41.5 Å². The van der Waals surface area contributed by atoms with Gasteiger partial charge in [-0.2, -0.15) is 0 Å². The van der Waals surface area contributed by atoms with Gasteiger partial charge in [-0.15, -0.1) is 0 Å². The van der Waals surface area contributed by atoms with E-state index in [0.29, 0.717) is 0 Å². The maximum atomic E-state index is 5.74. The minimum absolute atomic E-state index is 0.000768. The molecule has 2 rings (SSSR count). The SMILES string of the molecule is CC(C)(C)OCCCCC1=CCc2ccccc21. The van der Waals surface area contributed by atoms with Crippen LogP contribution in [0.2, 0.25) is 0 Å². The van der Waals surface area contributed by atoms with Gasteiger partial charge in [0.05, 0.1) is 5.60 Å². The Balaban J connectivity index is 1.73. The molecule has 0 saturated heterocycles. The van der Waals surface area contributed by atoms with E-state index in [9.17, 15) is 0 Å². The van der Waals surface area contributed by atoms with Gasteiger partial charge in [0.2, 0.25) is 0 Å². The molecule has 0 spiro atoms. The number of hydrogen-bond donors (Lipinski definition) is 0. The fraction of sp³-hybridized carbons (Fsp3) is 0.529. The highest BCUT2D eigenvalue weighted by Crippen LogP contribution is 2.30. The molecular weight excluding hydrogens is 220 g/mol. The molecule has 0 radical (unpaired) electrons. The third-order valence-corrected chi connectivity index (χ3v) is 3.31. The molecule has 0 fully saturated rings. The molecule has 98 valence electrons. The van der Waals surface area contributed by atoms with Crippen molar-refractivity contribution in [2.45, 2.75) is 52.1 Å². The Hall–Kier alpha value is -1.08. The predicted molar refractivity (Wildman–Crippen MR) is 77.7 cm³/mol. The molecule has 1 aliphatic rings. The highest BCUT2D eigenvalue weighted by atomic mass is 16.5. The molecule has 1 aliphatic carbocycles. The van der Waals surface area contributed by atoms with E-state index in [1.165, 1.54) is 29.5 Å². The zero-order valence-electron chi connectivity index (χ0n) is 11.8. The molecule has 0 saturated carbocycles. The molecule has 0 heterocycles. The summed E-state index contributed by atoms with van der Waals surface area (Å²) in [5.74, 6) is 0. The fourth-order valence-corrected chi connectivity index (χ4v) is 2.39. The summed E-state index contributed by atoms with van der Waals surface area (Å²) in [6, 6.07) is 8.76. The molecule has 1 aromatic rings. The van der Waals surface area contributed by atoms with Crippen molar-refractivity contribution < 1.29 is 4.74 Å². The standard InChI is InChI=1S/C17H24O/c1-17(2,3)18-13-7-6-9-15-12-11-14-8-4-5-10-16(14)15/h4-5,8,10,12H,6-7,9,11,13H2,1-3H3. The fourth-order valence-electron chi connectivity index (χ4n) is 2.39. The van der Waals surface area contributed by atoms with E-state index < -0.39 is 0 Å². The summed E-state index contributed by atoms with van der Waals surface area (Å²) in [7, 11) is 0. The summed E-state index contributed by atoms with van der Waals surface area (Å²) < 4.78 is 5.74. The highest BCUT2D eigenvalue weighted by molar-refractivity contribution is 5.72. The second kappa shape index (κ2) is 5.71. The third kappa shape index (κ3) is 3.71. The van der Waals surface area contributed by atoms with Gasteiger partial charge in [-0.25, -0.2) is 0 Å². The van der Waals surface area contributed by atoms with Crippen LogP contribution in [-0.4, -0.2) is 12.2 Å². The molecule has 0 aliphatic heterocycles. The Labute approximate surface area is 111 Å². The van der Waals surface area contributed by atoms with E-state index in [-0.39, 0.29) is 5.60 Å². The van der Waals surface area contributed by atoms with Gasteiger partial charge in [0.15, 0.2) is 0 Å². The van der Waals surface area contributed by atoms with E-state index in [4.69, 9.17) is 4.74 Å². The maximum absolute atomic E-state index is 5.74. The second-order valence-corrected chi connectivity index (χ2v) is 6.01. The van der Waals surface area contributed by atoms with E-state index in [0.717, 1.165) is 19.4 Å². The van der Waals surface area contributed by atoms with Crippen molar-refractivity contribution in [3.8, 4) is 0 Å². The quantitative estimate of drug-likeness (QED) is 0.687. The molecule has 1 aromatic carbocycles. The van der Waals surface area contributed by atoms with Crippen molar-refractivity contribution >= 4 is 5.57 Å². The van der Waals surface area contributed by atoms with Crippen LogP contribution in [0.1, 0.15) is 51.2 Å². The van der Waals surface area contributed by atoms with Gasteiger partial charge < -0.3 is 4.74 Å². The van der Waals surface area contributed by atoms with Crippen LogP contribution in [0.15, 0.2) is 30.3 Å². The molecule has 0 N–H and O–H groups in total. The van der Waals surface area contributed by atoms with Gasteiger partial charge in [-0.1, -0.05) is 30.3 Å². The monoisotopic (exact) mass is 244 g/mol. The first-order chi connectivity index (χ1) is 8.56. The Morgan fingerprint density at radius 2 is 1.89 bits per heavy atom. The Bertz CT molecular complexity index is 423. The summed E-state index contributed by atoms with van der Waals surface area (Å²) in [5.41, 5.74) is 4.48. The summed E-state index contributed by atoms with van der Waals surface area (Å²) in [6.07, 6.45) is 7.05. The van der Waals surface area contributed by atoms with Crippen LogP contribution in [0.5, 0.6) is 0 Å². The Morgan fingerprint density at radius 1 is 1.11 bits per heavy atom. The van der Waals surface area contributed by atoms with Crippen LogP contribution < -0.4 is 0 Å². The molecule has 0 unspecified atom stereocenters. The minimum Gasteiger partial charge on any atom is -0.376 e. The summed E-state index contributed by atoms with van der Waals surface area (Å²) >= 11 is 0. The lowest BCUT2D eigenvalue weighted by molar-refractivity contribution is -0.00442. The molecule has 0 amide bonds. The van der Waals surface area contributed by atoms with Gasteiger partial charge in [-0.05, 0) is 63.2 Å². The van der Waals surface area contributed by atoms with Crippen LogP contribution >= 0.6 is 0 Å². The van der Waals surface area contributed by atoms with Gasteiger partial charge in [0.25, 0.3) is 0 Å². The maximum Gasteiger partial charge on any atom is 0.0598 e. The number of hydrogen-bond acceptors (Lipinski definition) is 1. The van der Waals surface area contributed by atoms with Crippen LogP contribution in [0.3, 0.4) is 0 Å². The van der Waals surface area contributed by atoms with Crippen molar-refractivity contribution in [3.63, 3.8) is 0 Å². The number of unbranched alkanes of at least 4 members (excludes halogenated alkanes) is 1. The van der Waals surface area contributed by atoms with Crippen molar-refractivity contribution in [2.24, 2.45) is 0 Å². The summed E-state index contributed by atoms with van der Waals surface area (Å²) in [6.45, 7) is 7.21.